The van der Waals surface area contributed by atoms with Crippen LogP contribution in [0.15, 0.2) is 34.9 Å². The van der Waals surface area contributed by atoms with Gasteiger partial charge in [0.25, 0.3) is 5.91 Å². The summed E-state index contributed by atoms with van der Waals surface area (Å²) in [6, 6.07) is 8.94. The number of benzene rings is 1. The molecule has 1 heterocycles. The molecule has 0 radical (unpaired) electrons. The van der Waals surface area contributed by atoms with Crippen LogP contribution in [0.25, 0.3) is 11.3 Å². The standard InChI is InChI=1S/C16H16N2O6/c1-3-22-16(21)17-12(19)9-23-15(20)13-10(2)24-18-14(13)11-7-5-4-6-8-11/h4-8H,3,9H2,1-2H3,(H,17,19,21). The summed E-state index contributed by atoms with van der Waals surface area (Å²) >= 11 is 0. The van der Waals surface area contributed by atoms with Crippen LogP contribution in [0.5, 0.6) is 0 Å². The first-order valence-corrected chi connectivity index (χ1v) is 7.18. The van der Waals surface area contributed by atoms with Crippen LogP contribution in [0.1, 0.15) is 23.0 Å². The summed E-state index contributed by atoms with van der Waals surface area (Å²) in [6.07, 6.45) is -0.898. The van der Waals surface area contributed by atoms with E-state index in [1.807, 2.05) is 11.4 Å². The number of nitrogens with zero attached hydrogens (tertiary/aromatic N) is 1. The van der Waals surface area contributed by atoms with E-state index in [4.69, 9.17) is 9.26 Å². The number of nitrogens with one attached hydrogen (secondary N) is 1. The van der Waals surface area contributed by atoms with E-state index in [9.17, 15) is 14.4 Å². The number of amides is 2. The quantitative estimate of drug-likeness (QED) is 0.835. The lowest BCUT2D eigenvalue weighted by molar-refractivity contribution is -0.123. The Morgan fingerprint density at radius 2 is 1.88 bits per heavy atom. The minimum absolute atomic E-state index is 0.124. The lowest BCUT2D eigenvalue weighted by Gasteiger charge is -2.06. The van der Waals surface area contributed by atoms with E-state index in [1.54, 1.807) is 38.1 Å². The molecule has 0 saturated carbocycles. The molecule has 0 aliphatic heterocycles. The summed E-state index contributed by atoms with van der Waals surface area (Å²) in [6.45, 7) is 2.66. The van der Waals surface area contributed by atoms with Gasteiger partial charge in [0, 0.05) is 5.56 Å². The molecule has 1 aromatic carbocycles. The zero-order valence-electron chi connectivity index (χ0n) is 13.2. The van der Waals surface area contributed by atoms with Crippen LogP contribution in [0, 0.1) is 6.92 Å². The summed E-state index contributed by atoms with van der Waals surface area (Å²) < 4.78 is 14.5. The van der Waals surface area contributed by atoms with Gasteiger partial charge in [-0.05, 0) is 13.8 Å². The molecule has 0 bridgehead atoms. The Morgan fingerprint density at radius 1 is 1.17 bits per heavy atom. The van der Waals surface area contributed by atoms with Gasteiger partial charge in [0.1, 0.15) is 17.0 Å². The Bertz CT molecular complexity index is 738. The van der Waals surface area contributed by atoms with Crippen molar-refractivity contribution in [3.63, 3.8) is 0 Å². The number of aryl methyl sites for hydroxylation is 1. The van der Waals surface area contributed by atoms with Crippen molar-refractivity contribution in [3.05, 3.63) is 41.7 Å². The lowest BCUT2D eigenvalue weighted by Crippen LogP contribution is -2.34. The second kappa shape index (κ2) is 7.91. The number of rotatable bonds is 5. The molecule has 0 saturated heterocycles. The Hall–Kier alpha value is -3.16. The minimum Gasteiger partial charge on any atom is -0.452 e. The maximum absolute atomic E-state index is 12.2. The van der Waals surface area contributed by atoms with E-state index in [0.29, 0.717) is 11.3 Å². The number of hydrogen-bond donors (Lipinski definition) is 1. The molecule has 1 N–H and O–H groups in total. The predicted octanol–water partition coefficient (Wildman–Crippen LogP) is 2.08. The van der Waals surface area contributed by atoms with Crippen molar-refractivity contribution in [2.75, 3.05) is 13.2 Å². The normalized spacial score (nSPS) is 10.1. The first kappa shape index (κ1) is 17.2. The van der Waals surface area contributed by atoms with Gasteiger partial charge in [0.15, 0.2) is 6.61 Å². The van der Waals surface area contributed by atoms with Gasteiger partial charge in [-0.25, -0.2) is 9.59 Å². The SMILES string of the molecule is CCOC(=O)NC(=O)COC(=O)c1c(-c2ccccc2)noc1C. The zero-order chi connectivity index (χ0) is 17.5. The van der Waals surface area contributed by atoms with Gasteiger partial charge in [-0.15, -0.1) is 0 Å². The highest BCUT2D eigenvalue weighted by Gasteiger charge is 2.23. The highest BCUT2D eigenvalue weighted by Crippen LogP contribution is 2.25. The van der Waals surface area contributed by atoms with Gasteiger partial charge in [0.2, 0.25) is 0 Å². The van der Waals surface area contributed by atoms with Crippen molar-refractivity contribution >= 4 is 18.0 Å². The van der Waals surface area contributed by atoms with Crippen LogP contribution in [-0.2, 0) is 14.3 Å². The van der Waals surface area contributed by atoms with Gasteiger partial charge in [-0.3, -0.25) is 10.1 Å². The number of ether oxygens (including phenoxy) is 2. The molecule has 8 heteroatoms. The van der Waals surface area contributed by atoms with Crippen molar-refractivity contribution in [3.8, 4) is 11.3 Å². The summed E-state index contributed by atoms with van der Waals surface area (Å²) in [5.41, 5.74) is 1.13. The van der Waals surface area contributed by atoms with E-state index >= 15 is 0 Å². The molecule has 0 aliphatic carbocycles. The van der Waals surface area contributed by atoms with Crippen molar-refractivity contribution in [1.82, 2.24) is 10.5 Å². The molecule has 0 atom stereocenters. The fraction of sp³-hybridized carbons (Fsp3) is 0.250. The van der Waals surface area contributed by atoms with Crippen LogP contribution in [-0.4, -0.2) is 36.3 Å². The monoisotopic (exact) mass is 332 g/mol. The van der Waals surface area contributed by atoms with Gasteiger partial charge in [-0.2, -0.15) is 0 Å². The second-order valence-electron chi connectivity index (χ2n) is 4.67. The number of carbonyl (C=O) groups excluding carboxylic acids is 3. The molecule has 0 fully saturated rings. The molecule has 0 spiro atoms. The first-order chi connectivity index (χ1) is 11.5. The van der Waals surface area contributed by atoms with Crippen LogP contribution >= 0.6 is 0 Å². The molecule has 2 rings (SSSR count). The minimum atomic E-state index is -0.898. The second-order valence-corrected chi connectivity index (χ2v) is 4.67. The lowest BCUT2D eigenvalue weighted by atomic mass is 10.1. The van der Waals surface area contributed by atoms with Crippen molar-refractivity contribution in [1.29, 1.82) is 0 Å². The number of alkyl carbamates (subject to hydrolysis) is 1. The van der Waals surface area contributed by atoms with Crippen molar-refractivity contribution in [2.45, 2.75) is 13.8 Å². The van der Waals surface area contributed by atoms with Crippen molar-refractivity contribution < 1.29 is 28.4 Å². The Kier molecular flexibility index (Phi) is 5.67. The fourth-order valence-corrected chi connectivity index (χ4v) is 1.93. The third-order valence-electron chi connectivity index (χ3n) is 2.97. The zero-order valence-corrected chi connectivity index (χ0v) is 13.2. The molecule has 0 unspecified atom stereocenters. The number of aromatic nitrogens is 1. The largest absolute Gasteiger partial charge is 0.452 e. The number of hydrogen-bond acceptors (Lipinski definition) is 7. The van der Waals surface area contributed by atoms with Crippen LogP contribution in [0.2, 0.25) is 0 Å². The molecule has 0 aliphatic rings. The summed E-state index contributed by atoms with van der Waals surface area (Å²) in [5.74, 6) is -1.30. The summed E-state index contributed by atoms with van der Waals surface area (Å²) in [5, 5.41) is 5.78. The number of imide groups is 1. The topological polar surface area (TPSA) is 108 Å². The third kappa shape index (κ3) is 4.19. The number of esters is 1. The fourth-order valence-electron chi connectivity index (χ4n) is 1.93. The molecule has 8 nitrogen and oxygen atoms in total. The van der Waals surface area contributed by atoms with Crippen LogP contribution < -0.4 is 5.32 Å². The Balaban J connectivity index is 2.04. The summed E-state index contributed by atoms with van der Waals surface area (Å²) in [4.78, 5) is 34.8. The molecular formula is C16H16N2O6. The van der Waals surface area contributed by atoms with Crippen LogP contribution in [0.3, 0.4) is 0 Å². The molecule has 2 amide bonds. The Labute approximate surface area is 137 Å². The average Bonchev–Trinajstić information content (AvgIpc) is 2.95. The van der Waals surface area contributed by atoms with Crippen LogP contribution in [0.4, 0.5) is 4.79 Å². The maximum Gasteiger partial charge on any atom is 0.413 e. The van der Waals surface area contributed by atoms with E-state index < -0.39 is 24.6 Å². The smallest absolute Gasteiger partial charge is 0.413 e. The van der Waals surface area contributed by atoms with Gasteiger partial charge in [0.05, 0.1) is 6.61 Å². The third-order valence-corrected chi connectivity index (χ3v) is 2.97. The average molecular weight is 332 g/mol. The van der Waals surface area contributed by atoms with E-state index in [2.05, 4.69) is 9.89 Å². The highest BCUT2D eigenvalue weighted by atomic mass is 16.6. The van der Waals surface area contributed by atoms with E-state index in [-0.39, 0.29) is 17.9 Å². The van der Waals surface area contributed by atoms with Gasteiger partial charge < -0.3 is 14.0 Å². The van der Waals surface area contributed by atoms with Crippen molar-refractivity contribution in [2.24, 2.45) is 0 Å². The first-order valence-electron chi connectivity index (χ1n) is 7.18. The molecule has 2 aromatic rings. The predicted molar refractivity (Wildman–Crippen MR) is 82.1 cm³/mol. The highest BCUT2D eigenvalue weighted by molar-refractivity contribution is 5.99. The molecule has 24 heavy (non-hydrogen) atoms. The van der Waals surface area contributed by atoms with E-state index in [0.717, 1.165) is 0 Å². The maximum atomic E-state index is 12.2. The number of carbonyl (C=O) groups is 3. The van der Waals surface area contributed by atoms with Gasteiger partial charge >= 0.3 is 12.1 Å². The molecule has 1 aromatic heterocycles. The van der Waals surface area contributed by atoms with E-state index in [1.165, 1.54) is 0 Å². The molecular weight excluding hydrogens is 316 g/mol. The van der Waals surface area contributed by atoms with Gasteiger partial charge in [-0.1, -0.05) is 35.5 Å². The summed E-state index contributed by atoms with van der Waals surface area (Å²) in [7, 11) is 0. The molecule has 126 valence electrons. The Morgan fingerprint density at radius 3 is 2.54 bits per heavy atom.